The summed E-state index contributed by atoms with van der Waals surface area (Å²) >= 11 is -1.10. The molecule has 3 rings (SSSR count). The van der Waals surface area contributed by atoms with Gasteiger partial charge in [-0.25, -0.2) is 9.71 Å². The molecule has 27 heavy (non-hydrogen) atoms. The quantitative estimate of drug-likeness (QED) is 0.389. The van der Waals surface area contributed by atoms with Gasteiger partial charge in [-0.05, 0) is 62.1 Å². The topological polar surface area (TPSA) is 75.0 Å². The summed E-state index contributed by atoms with van der Waals surface area (Å²) in [4.78, 5) is 3.77. The molecule has 1 N–H and O–H groups in total. The molecule has 0 fully saturated rings. The van der Waals surface area contributed by atoms with E-state index in [0.29, 0.717) is 23.9 Å². The second-order valence-electron chi connectivity index (χ2n) is 7.44. The largest absolute Gasteiger partial charge is 0.710 e. The summed E-state index contributed by atoms with van der Waals surface area (Å²) in [5, 5.41) is 13.2. The summed E-state index contributed by atoms with van der Waals surface area (Å²) in [7, 11) is 0. The maximum Gasteiger partial charge on any atom is 0.290 e. The first kappa shape index (κ1) is 19.6. The van der Waals surface area contributed by atoms with Gasteiger partial charge in [0.15, 0.2) is 4.90 Å². The second-order valence-corrected chi connectivity index (χ2v) is 9.45. The van der Waals surface area contributed by atoms with Crippen LogP contribution >= 0.6 is 0 Å². The normalized spacial score (nSPS) is 12.9. The lowest BCUT2D eigenvalue weighted by Crippen LogP contribution is -2.31. The summed E-state index contributed by atoms with van der Waals surface area (Å²) in [6, 6.07) is 9.44. The minimum atomic E-state index is -1.10. The highest BCUT2D eigenvalue weighted by molar-refractivity contribution is 7.92. The lowest BCUT2D eigenvalue weighted by Gasteiger charge is -2.19. The standard InChI is InChI=1S/C21H26N2O3S/c1-13(2)12-26-20-7-6-16(27(25)14(3)4)11-19(20)18-10-15(5)23(24)21-17(18)8-9-22-21/h6-11,13-14,22H,12H2,1-5H3. The first-order chi connectivity index (χ1) is 12.8. The number of H-pyrrole nitrogens is 1. The van der Waals surface area contributed by atoms with E-state index in [0.717, 1.165) is 31.9 Å². The Kier molecular flexibility index (Phi) is 5.67. The number of hydrogen-bond acceptors (Lipinski definition) is 3. The Bertz CT molecular complexity index is 950. The molecule has 0 aliphatic rings. The Morgan fingerprint density at radius 3 is 2.52 bits per heavy atom. The Morgan fingerprint density at radius 2 is 1.85 bits per heavy atom. The van der Waals surface area contributed by atoms with Gasteiger partial charge in [0.2, 0.25) is 0 Å². The molecule has 1 aromatic carbocycles. The third-order valence-corrected chi connectivity index (χ3v) is 5.94. The maximum atomic E-state index is 12.7. The van der Waals surface area contributed by atoms with Crippen LogP contribution in [-0.2, 0) is 11.2 Å². The van der Waals surface area contributed by atoms with Crippen LogP contribution in [0.1, 0.15) is 33.4 Å². The fourth-order valence-electron chi connectivity index (χ4n) is 2.99. The van der Waals surface area contributed by atoms with E-state index in [4.69, 9.17) is 4.74 Å². The van der Waals surface area contributed by atoms with Crippen molar-refractivity contribution in [1.82, 2.24) is 4.98 Å². The molecule has 5 nitrogen and oxygen atoms in total. The van der Waals surface area contributed by atoms with Crippen LogP contribution < -0.4 is 9.47 Å². The molecule has 1 atom stereocenters. The van der Waals surface area contributed by atoms with Crippen LogP contribution in [0, 0.1) is 18.0 Å². The fourth-order valence-corrected chi connectivity index (χ4v) is 3.97. The number of rotatable bonds is 6. The van der Waals surface area contributed by atoms with Crippen molar-refractivity contribution >= 4 is 22.2 Å². The van der Waals surface area contributed by atoms with Gasteiger partial charge in [0, 0.05) is 17.2 Å². The predicted octanol–water partition coefficient (Wildman–Crippen LogP) is 4.33. The van der Waals surface area contributed by atoms with Crippen molar-refractivity contribution in [3.63, 3.8) is 0 Å². The maximum absolute atomic E-state index is 12.7. The van der Waals surface area contributed by atoms with Crippen molar-refractivity contribution in [2.45, 2.75) is 44.8 Å². The number of aromatic nitrogens is 2. The van der Waals surface area contributed by atoms with Crippen molar-refractivity contribution in [2.24, 2.45) is 5.92 Å². The van der Waals surface area contributed by atoms with Crippen LogP contribution in [0.4, 0.5) is 0 Å². The highest BCUT2D eigenvalue weighted by Crippen LogP contribution is 2.37. The minimum absolute atomic E-state index is 0.0221. The average molecular weight is 387 g/mol. The van der Waals surface area contributed by atoms with Gasteiger partial charge in [-0.1, -0.05) is 13.8 Å². The first-order valence-electron chi connectivity index (χ1n) is 9.17. The molecule has 0 spiro atoms. The van der Waals surface area contributed by atoms with E-state index in [-0.39, 0.29) is 5.25 Å². The Balaban J connectivity index is 2.21. The van der Waals surface area contributed by atoms with Gasteiger partial charge in [-0.2, -0.15) is 0 Å². The van der Waals surface area contributed by atoms with E-state index in [1.54, 1.807) is 13.1 Å². The van der Waals surface area contributed by atoms with Crippen molar-refractivity contribution in [1.29, 1.82) is 0 Å². The van der Waals surface area contributed by atoms with E-state index in [2.05, 4.69) is 18.8 Å². The van der Waals surface area contributed by atoms with Crippen molar-refractivity contribution in [2.75, 3.05) is 6.61 Å². The van der Waals surface area contributed by atoms with Crippen molar-refractivity contribution in [3.05, 3.63) is 47.4 Å². The molecule has 6 heteroatoms. The number of fused-ring (bicyclic) bond motifs is 1. The summed E-state index contributed by atoms with van der Waals surface area (Å²) in [5.74, 6) is 1.12. The number of aromatic amines is 1. The molecule has 3 aromatic rings. The van der Waals surface area contributed by atoms with Crippen LogP contribution in [0.3, 0.4) is 0 Å². The van der Waals surface area contributed by atoms with Crippen LogP contribution in [0.2, 0.25) is 0 Å². The number of pyridine rings is 1. The van der Waals surface area contributed by atoms with Crippen molar-refractivity contribution < 1.29 is 14.0 Å². The smallest absolute Gasteiger partial charge is 0.290 e. The molecule has 2 aromatic heterocycles. The van der Waals surface area contributed by atoms with Crippen molar-refractivity contribution in [3.8, 4) is 16.9 Å². The molecule has 144 valence electrons. The monoisotopic (exact) mass is 386 g/mol. The van der Waals surface area contributed by atoms with Crippen LogP contribution in [0.15, 0.2) is 41.4 Å². The number of hydrogen-bond donors (Lipinski definition) is 1. The molecule has 1 unspecified atom stereocenters. The molecule has 0 aliphatic carbocycles. The zero-order valence-corrected chi connectivity index (χ0v) is 17.2. The van der Waals surface area contributed by atoms with E-state index < -0.39 is 11.2 Å². The zero-order valence-electron chi connectivity index (χ0n) is 16.4. The number of aryl methyl sites for hydroxylation is 1. The van der Waals surface area contributed by atoms with Crippen LogP contribution in [0.25, 0.3) is 22.2 Å². The minimum Gasteiger partial charge on any atom is -0.710 e. The van der Waals surface area contributed by atoms with Gasteiger partial charge in [-0.15, -0.1) is 0 Å². The number of nitrogens with one attached hydrogen (secondary N) is 1. The molecule has 0 bridgehead atoms. The van der Waals surface area contributed by atoms with E-state index in [1.807, 2.05) is 44.2 Å². The van der Waals surface area contributed by atoms with Crippen LogP contribution in [-0.4, -0.2) is 21.4 Å². The lowest BCUT2D eigenvalue weighted by molar-refractivity contribution is -0.586. The van der Waals surface area contributed by atoms with Gasteiger partial charge in [-0.3, -0.25) is 0 Å². The SMILES string of the molecule is Cc1cc(-c2cc([S+]([O-])C(C)C)ccc2OCC(C)C)c2cc[nH]c2[n+]1[O-]. The van der Waals surface area contributed by atoms with E-state index >= 15 is 0 Å². The van der Waals surface area contributed by atoms with Gasteiger partial charge in [0.05, 0.1) is 18.2 Å². The third kappa shape index (κ3) is 3.92. The molecule has 0 amide bonds. The Morgan fingerprint density at radius 1 is 1.11 bits per heavy atom. The molecular formula is C21H26N2O3S. The fraction of sp³-hybridized carbons (Fsp3) is 0.381. The van der Waals surface area contributed by atoms with E-state index in [1.165, 1.54) is 0 Å². The molecule has 0 saturated carbocycles. The van der Waals surface area contributed by atoms with Gasteiger partial charge >= 0.3 is 0 Å². The summed E-state index contributed by atoms with van der Waals surface area (Å²) in [6.45, 7) is 10.4. The number of ether oxygens (including phenoxy) is 1. The Hall–Kier alpha value is -2.18. The molecule has 2 heterocycles. The number of benzene rings is 1. The van der Waals surface area contributed by atoms with Gasteiger partial charge in [0.25, 0.3) is 5.65 Å². The number of nitrogens with zero attached hydrogens (tertiary/aromatic N) is 1. The molecule has 0 saturated heterocycles. The Labute approximate surface area is 163 Å². The predicted molar refractivity (Wildman–Crippen MR) is 109 cm³/mol. The average Bonchev–Trinajstić information content (AvgIpc) is 3.12. The highest BCUT2D eigenvalue weighted by atomic mass is 32.2. The highest BCUT2D eigenvalue weighted by Gasteiger charge is 2.22. The van der Waals surface area contributed by atoms with Crippen LogP contribution in [0.5, 0.6) is 5.75 Å². The van der Waals surface area contributed by atoms with Gasteiger partial charge in [0.1, 0.15) is 16.7 Å². The third-order valence-electron chi connectivity index (χ3n) is 4.37. The summed E-state index contributed by atoms with van der Waals surface area (Å²) < 4.78 is 19.6. The molecule has 0 aliphatic heterocycles. The second kappa shape index (κ2) is 7.82. The lowest BCUT2D eigenvalue weighted by atomic mass is 10.0. The summed E-state index contributed by atoms with van der Waals surface area (Å²) in [5.41, 5.74) is 2.85. The first-order valence-corrected chi connectivity index (χ1v) is 10.4. The summed E-state index contributed by atoms with van der Waals surface area (Å²) in [6.07, 6.45) is 1.76. The zero-order chi connectivity index (χ0) is 19.7. The molecular weight excluding hydrogens is 360 g/mol. The van der Waals surface area contributed by atoms with E-state index in [9.17, 15) is 9.76 Å². The van der Waals surface area contributed by atoms with Gasteiger partial charge < -0.3 is 14.5 Å². The molecule has 0 radical (unpaired) electrons.